The fourth-order valence-corrected chi connectivity index (χ4v) is 2.34. The minimum Gasteiger partial charge on any atom is -0.479 e. The molecule has 0 aromatic heterocycles. The SMILES string of the molecule is CC(NC(=O)Cc1ccc(OCC#N)cc1)C(O)c1ccc(F)cc1. The van der Waals surface area contributed by atoms with Gasteiger partial charge in [0, 0.05) is 0 Å². The highest BCUT2D eigenvalue weighted by Gasteiger charge is 2.18. The zero-order chi connectivity index (χ0) is 18.2. The number of nitrogens with zero attached hydrogens (tertiary/aromatic N) is 1. The second-order valence-corrected chi connectivity index (χ2v) is 5.62. The molecule has 0 saturated heterocycles. The molecule has 2 aromatic rings. The standard InChI is InChI=1S/C19H19FN2O3/c1-13(19(24)15-4-6-16(20)7-5-15)22-18(23)12-14-2-8-17(9-3-14)25-11-10-21/h2-9,13,19,24H,11-12H2,1H3,(H,22,23). The van der Waals surface area contributed by atoms with Crippen LogP contribution in [0, 0.1) is 17.1 Å². The summed E-state index contributed by atoms with van der Waals surface area (Å²) in [5, 5.41) is 21.4. The van der Waals surface area contributed by atoms with Gasteiger partial charge in [0.05, 0.1) is 18.6 Å². The van der Waals surface area contributed by atoms with Crippen molar-refractivity contribution in [3.63, 3.8) is 0 Å². The number of amides is 1. The topological polar surface area (TPSA) is 82.3 Å². The van der Waals surface area contributed by atoms with E-state index in [0.717, 1.165) is 5.56 Å². The third kappa shape index (κ3) is 5.59. The number of carbonyl (C=O) groups excluding carboxylic acids is 1. The molecule has 0 aliphatic carbocycles. The zero-order valence-electron chi connectivity index (χ0n) is 13.8. The van der Waals surface area contributed by atoms with Gasteiger partial charge in [0.25, 0.3) is 0 Å². The molecule has 2 rings (SSSR count). The molecule has 2 unspecified atom stereocenters. The Labute approximate surface area is 145 Å². The average Bonchev–Trinajstić information content (AvgIpc) is 2.61. The highest BCUT2D eigenvalue weighted by molar-refractivity contribution is 5.78. The smallest absolute Gasteiger partial charge is 0.224 e. The van der Waals surface area contributed by atoms with Crippen molar-refractivity contribution in [1.82, 2.24) is 5.32 Å². The van der Waals surface area contributed by atoms with Crippen molar-refractivity contribution in [2.75, 3.05) is 6.61 Å². The monoisotopic (exact) mass is 342 g/mol. The van der Waals surface area contributed by atoms with Crippen LogP contribution in [0.5, 0.6) is 5.75 Å². The Kier molecular flexibility index (Phi) is 6.49. The summed E-state index contributed by atoms with van der Waals surface area (Å²) in [6.45, 7) is 1.66. The number of aliphatic hydroxyl groups excluding tert-OH is 1. The number of rotatable bonds is 7. The van der Waals surface area contributed by atoms with Crippen LogP contribution in [0.3, 0.4) is 0 Å². The van der Waals surface area contributed by atoms with Gasteiger partial charge >= 0.3 is 0 Å². The van der Waals surface area contributed by atoms with Crippen molar-refractivity contribution in [1.29, 1.82) is 5.26 Å². The van der Waals surface area contributed by atoms with Gasteiger partial charge < -0.3 is 15.2 Å². The van der Waals surface area contributed by atoms with Crippen molar-refractivity contribution in [3.8, 4) is 11.8 Å². The molecule has 0 heterocycles. The van der Waals surface area contributed by atoms with Gasteiger partial charge in [-0.05, 0) is 42.3 Å². The maximum atomic E-state index is 12.9. The Bertz CT molecular complexity index is 739. The van der Waals surface area contributed by atoms with E-state index in [0.29, 0.717) is 11.3 Å². The van der Waals surface area contributed by atoms with E-state index in [-0.39, 0.29) is 24.8 Å². The Balaban J connectivity index is 1.88. The van der Waals surface area contributed by atoms with Gasteiger partial charge in [-0.25, -0.2) is 4.39 Å². The predicted octanol–water partition coefficient (Wildman–Crippen LogP) is 2.51. The Morgan fingerprint density at radius 3 is 2.48 bits per heavy atom. The summed E-state index contributed by atoms with van der Waals surface area (Å²) in [6.07, 6.45) is -0.773. The molecule has 6 heteroatoms. The summed E-state index contributed by atoms with van der Waals surface area (Å²) in [5.41, 5.74) is 1.32. The Morgan fingerprint density at radius 2 is 1.88 bits per heavy atom. The molecule has 25 heavy (non-hydrogen) atoms. The lowest BCUT2D eigenvalue weighted by Crippen LogP contribution is -2.37. The molecular formula is C19H19FN2O3. The van der Waals surface area contributed by atoms with Crippen LogP contribution in [0.4, 0.5) is 4.39 Å². The summed E-state index contributed by atoms with van der Waals surface area (Å²) in [4.78, 5) is 12.1. The number of hydrogen-bond acceptors (Lipinski definition) is 4. The fraction of sp³-hybridized carbons (Fsp3) is 0.263. The molecule has 0 spiro atoms. The molecule has 0 saturated carbocycles. The molecule has 130 valence electrons. The number of nitriles is 1. The minimum atomic E-state index is -0.925. The first-order valence-electron chi connectivity index (χ1n) is 7.81. The molecular weight excluding hydrogens is 323 g/mol. The summed E-state index contributed by atoms with van der Waals surface area (Å²) < 4.78 is 18.1. The van der Waals surface area contributed by atoms with Crippen LogP contribution in [0.2, 0.25) is 0 Å². The lowest BCUT2D eigenvalue weighted by Gasteiger charge is -2.20. The Hall–Kier alpha value is -2.91. The van der Waals surface area contributed by atoms with Gasteiger partial charge in [-0.1, -0.05) is 24.3 Å². The number of nitrogens with one attached hydrogen (secondary N) is 1. The van der Waals surface area contributed by atoms with E-state index in [1.54, 1.807) is 31.2 Å². The number of benzene rings is 2. The molecule has 0 radical (unpaired) electrons. The first kappa shape index (κ1) is 18.4. The third-order valence-corrected chi connectivity index (χ3v) is 3.67. The largest absolute Gasteiger partial charge is 0.479 e. The normalized spacial score (nSPS) is 12.7. The van der Waals surface area contributed by atoms with Crippen LogP contribution in [-0.2, 0) is 11.2 Å². The van der Waals surface area contributed by atoms with E-state index < -0.39 is 12.1 Å². The van der Waals surface area contributed by atoms with E-state index in [2.05, 4.69) is 5.32 Å². The molecule has 2 atom stereocenters. The highest BCUT2D eigenvalue weighted by atomic mass is 19.1. The lowest BCUT2D eigenvalue weighted by molar-refractivity contribution is -0.121. The van der Waals surface area contributed by atoms with Crippen molar-refractivity contribution >= 4 is 5.91 Å². The summed E-state index contributed by atoms with van der Waals surface area (Å²) in [7, 11) is 0. The molecule has 5 nitrogen and oxygen atoms in total. The predicted molar refractivity (Wildman–Crippen MR) is 90.2 cm³/mol. The van der Waals surface area contributed by atoms with Crippen molar-refractivity contribution in [2.45, 2.75) is 25.5 Å². The molecule has 0 aliphatic heterocycles. The number of ether oxygens (including phenoxy) is 1. The van der Waals surface area contributed by atoms with Crippen molar-refractivity contribution in [2.24, 2.45) is 0 Å². The first-order chi connectivity index (χ1) is 12.0. The van der Waals surface area contributed by atoms with Crippen molar-refractivity contribution < 1.29 is 19.0 Å². The summed E-state index contributed by atoms with van der Waals surface area (Å²) in [6, 6.07) is 13.7. The second-order valence-electron chi connectivity index (χ2n) is 5.62. The second kappa shape index (κ2) is 8.81. The molecule has 0 fully saturated rings. The number of aliphatic hydroxyl groups is 1. The van der Waals surface area contributed by atoms with E-state index in [9.17, 15) is 14.3 Å². The van der Waals surface area contributed by atoms with E-state index in [4.69, 9.17) is 10.00 Å². The third-order valence-electron chi connectivity index (χ3n) is 3.67. The zero-order valence-corrected chi connectivity index (χ0v) is 13.8. The number of carbonyl (C=O) groups is 1. The molecule has 1 amide bonds. The van der Waals surface area contributed by atoms with Crippen LogP contribution in [-0.4, -0.2) is 23.7 Å². The fourth-order valence-electron chi connectivity index (χ4n) is 2.34. The van der Waals surface area contributed by atoms with E-state index in [1.807, 2.05) is 6.07 Å². The van der Waals surface area contributed by atoms with E-state index in [1.165, 1.54) is 24.3 Å². The van der Waals surface area contributed by atoms with Gasteiger partial charge in [-0.15, -0.1) is 0 Å². The summed E-state index contributed by atoms with van der Waals surface area (Å²) >= 11 is 0. The van der Waals surface area contributed by atoms with Crippen LogP contribution >= 0.6 is 0 Å². The molecule has 0 bridgehead atoms. The lowest BCUT2D eigenvalue weighted by atomic mass is 10.0. The van der Waals surface area contributed by atoms with Crippen LogP contribution in [0.25, 0.3) is 0 Å². The highest BCUT2D eigenvalue weighted by Crippen LogP contribution is 2.17. The maximum Gasteiger partial charge on any atom is 0.224 e. The molecule has 2 N–H and O–H groups in total. The number of halogens is 1. The first-order valence-corrected chi connectivity index (χ1v) is 7.81. The van der Waals surface area contributed by atoms with Gasteiger partial charge in [0.2, 0.25) is 5.91 Å². The Morgan fingerprint density at radius 1 is 1.24 bits per heavy atom. The van der Waals surface area contributed by atoms with Crippen LogP contribution in [0.15, 0.2) is 48.5 Å². The summed E-state index contributed by atoms with van der Waals surface area (Å²) in [5.74, 6) is -0.0556. The quantitative estimate of drug-likeness (QED) is 0.810. The molecule has 0 aliphatic rings. The number of hydrogen-bond donors (Lipinski definition) is 2. The minimum absolute atomic E-state index is 0.0291. The van der Waals surface area contributed by atoms with Crippen molar-refractivity contribution in [3.05, 3.63) is 65.5 Å². The van der Waals surface area contributed by atoms with Crippen LogP contribution in [0.1, 0.15) is 24.2 Å². The van der Waals surface area contributed by atoms with Gasteiger partial charge in [0.15, 0.2) is 6.61 Å². The van der Waals surface area contributed by atoms with Gasteiger partial charge in [0.1, 0.15) is 17.6 Å². The molecule has 2 aromatic carbocycles. The van der Waals surface area contributed by atoms with E-state index >= 15 is 0 Å². The van der Waals surface area contributed by atoms with Crippen LogP contribution < -0.4 is 10.1 Å². The maximum absolute atomic E-state index is 12.9. The van der Waals surface area contributed by atoms with Gasteiger partial charge in [-0.3, -0.25) is 4.79 Å². The average molecular weight is 342 g/mol. The van der Waals surface area contributed by atoms with Gasteiger partial charge in [-0.2, -0.15) is 5.26 Å².